The third kappa shape index (κ3) is 6.53. The smallest absolute Gasteiger partial charge is 0.233 e. The van der Waals surface area contributed by atoms with E-state index < -0.39 is 16.1 Å². The maximum Gasteiger partial charge on any atom is 0.233 e. The number of benzene rings is 2. The SMILES string of the molecule is O=CN(O)[C@H](CCCc1ncccn1)CS(=O)(=O)N1CCC(Oc2cccc3ccccc23)CC1. The summed E-state index contributed by atoms with van der Waals surface area (Å²) in [7, 11) is -3.68. The predicted molar refractivity (Wildman–Crippen MR) is 131 cm³/mol. The minimum absolute atomic E-state index is 0.0850. The Morgan fingerprint density at radius 2 is 1.80 bits per heavy atom. The number of rotatable bonds is 11. The zero-order valence-electron chi connectivity index (χ0n) is 19.4. The van der Waals surface area contributed by atoms with Gasteiger partial charge in [-0.2, -0.15) is 0 Å². The lowest BCUT2D eigenvalue weighted by Crippen LogP contribution is -2.47. The van der Waals surface area contributed by atoms with Crippen LogP contribution in [-0.2, 0) is 21.2 Å². The molecule has 4 rings (SSSR count). The van der Waals surface area contributed by atoms with E-state index in [1.54, 1.807) is 18.5 Å². The van der Waals surface area contributed by atoms with Crippen LogP contribution in [0.2, 0.25) is 0 Å². The van der Waals surface area contributed by atoms with Gasteiger partial charge in [-0.1, -0.05) is 36.4 Å². The molecule has 1 fully saturated rings. The Labute approximate surface area is 205 Å². The second-order valence-electron chi connectivity index (χ2n) is 8.67. The maximum absolute atomic E-state index is 13.1. The highest BCUT2D eigenvalue weighted by Crippen LogP contribution is 2.28. The molecule has 1 aromatic heterocycles. The molecule has 1 N–H and O–H groups in total. The molecular weight excluding hydrogens is 468 g/mol. The number of ether oxygens (including phenoxy) is 1. The predicted octanol–water partition coefficient (Wildman–Crippen LogP) is 3.04. The van der Waals surface area contributed by atoms with Gasteiger partial charge in [-0.05, 0) is 43.2 Å². The Kier molecular flexibility index (Phi) is 8.27. The Hall–Kier alpha value is -3.08. The van der Waals surface area contributed by atoms with Crippen LogP contribution in [0.25, 0.3) is 10.8 Å². The molecule has 9 nitrogen and oxygen atoms in total. The monoisotopic (exact) mass is 498 g/mol. The van der Waals surface area contributed by atoms with Crippen LogP contribution in [0.1, 0.15) is 31.5 Å². The summed E-state index contributed by atoms with van der Waals surface area (Å²) in [5.74, 6) is 1.10. The van der Waals surface area contributed by atoms with E-state index in [4.69, 9.17) is 4.74 Å². The highest BCUT2D eigenvalue weighted by molar-refractivity contribution is 7.89. The van der Waals surface area contributed by atoms with Gasteiger partial charge in [0, 0.05) is 37.3 Å². The molecule has 1 saturated heterocycles. The number of sulfonamides is 1. The van der Waals surface area contributed by atoms with Crippen molar-refractivity contribution in [1.29, 1.82) is 0 Å². The molecule has 0 radical (unpaired) electrons. The van der Waals surface area contributed by atoms with Crippen LogP contribution in [0, 0.1) is 0 Å². The first-order valence-electron chi connectivity index (χ1n) is 11.8. The second kappa shape index (κ2) is 11.6. The molecule has 1 aliphatic heterocycles. The van der Waals surface area contributed by atoms with Crippen molar-refractivity contribution in [2.75, 3.05) is 18.8 Å². The second-order valence-corrected chi connectivity index (χ2v) is 10.7. The highest BCUT2D eigenvalue weighted by atomic mass is 32.2. The van der Waals surface area contributed by atoms with E-state index in [1.807, 2.05) is 42.5 Å². The van der Waals surface area contributed by atoms with Gasteiger partial charge in [0.1, 0.15) is 17.7 Å². The Balaban J connectivity index is 1.32. The summed E-state index contributed by atoms with van der Waals surface area (Å²) in [6, 6.07) is 14.8. The van der Waals surface area contributed by atoms with Gasteiger partial charge >= 0.3 is 0 Å². The van der Waals surface area contributed by atoms with Gasteiger partial charge in [0.05, 0.1) is 11.8 Å². The van der Waals surface area contributed by atoms with Crippen molar-refractivity contribution in [1.82, 2.24) is 19.3 Å². The fourth-order valence-electron chi connectivity index (χ4n) is 4.39. The summed E-state index contributed by atoms with van der Waals surface area (Å²) >= 11 is 0. The molecule has 35 heavy (non-hydrogen) atoms. The summed E-state index contributed by atoms with van der Waals surface area (Å²) in [6.45, 7) is 0.656. The number of aromatic nitrogens is 2. The van der Waals surface area contributed by atoms with Gasteiger partial charge in [-0.25, -0.2) is 27.8 Å². The van der Waals surface area contributed by atoms with E-state index in [2.05, 4.69) is 9.97 Å². The summed E-state index contributed by atoms with van der Waals surface area (Å²) < 4.78 is 33.9. The Bertz CT molecular complexity index is 1210. The van der Waals surface area contributed by atoms with Crippen LogP contribution in [0.3, 0.4) is 0 Å². The van der Waals surface area contributed by atoms with Crippen molar-refractivity contribution in [2.24, 2.45) is 0 Å². The topological polar surface area (TPSA) is 113 Å². The molecule has 186 valence electrons. The maximum atomic E-state index is 13.1. The van der Waals surface area contributed by atoms with Gasteiger partial charge in [0.15, 0.2) is 0 Å². The number of hydrogen-bond acceptors (Lipinski definition) is 7. The van der Waals surface area contributed by atoms with Gasteiger partial charge in [0.25, 0.3) is 0 Å². The average Bonchev–Trinajstić information content (AvgIpc) is 2.89. The van der Waals surface area contributed by atoms with E-state index in [0.29, 0.717) is 56.1 Å². The van der Waals surface area contributed by atoms with E-state index >= 15 is 0 Å². The molecule has 0 saturated carbocycles. The summed E-state index contributed by atoms with van der Waals surface area (Å²) in [5, 5.41) is 12.6. The number of amides is 1. The summed E-state index contributed by atoms with van der Waals surface area (Å²) in [6.07, 6.45) is 5.96. The van der Waals surface area contributed by atoms with Crippen LogP contribution >= 0.6 is 0 Å². The normalized spacial score (nSPS) is 16.1. The van der Waals surface area contributed by atoms with Gasteiger partial charge in [-0.15, -0.1) is 0 Å². The molecule has 1 aliphatic rings. The van der Waals surface area contributed by atoms with Crippen LogP contribution in [0.4, 0.5) is 0 Å². The Morgan fingerprint density at radius 1 is 1.09 bits per heavy atom. The molecule has 2 aromatic carbocycles. The molecule has 3 aromatic rings. The number of hydroxylamine groups is 2. The van der Waals surface area contributed by atoms with Crippen molar-refractivity contribution in [3.8, 4) is 5.75 Å². The lowest BCUT2D eigenvalue weighted by atomic mass is 10.1. The number of piperidine rings is 1. The van der Waals surface area contributed by atoms with Gasteiger partial charge in [0.2, 0.25) is 16.4 Å². The quantitative estimate of drug-likeness (QED) is 0.246. The van der Waals surface area contributed by atoms with E-state index in [1.165, 1.54) is 4.31 Å². The number of carbonyl (C=O) groups is 1. The number of fused-ring (bicyclic) bond motifs is 1. The zero-order valence-corrected chi connectivity index (χ0v) is 20.3. The molecular formula is C25H30N4O5S. The number of aryl methyl sites for hydroxylation is 1. The number of nitrogens with zero attached hydrogens (tertiary/aromatic N) is 4. The van der Waals surface area contributed by atoms with Crippen LogP contribution in [-0.4, -0.2) is 70.4 Å². The number of hydrogen-bond donors (Lipinski definition) is 1. The largest absolute Gasteiger partial charge is 0.490 e. The Morgan fingerprint density at radius 3 is 2.54 bits per heavy atom. The average molecular weight is 499 g/mol. The standard InChI is InChI=1S/C25H30N4O5S/c30-19-29(31)21(8-4-11-25-26-14-5-15-27-25)18-35(32,33)28-16-12-22(13-17-28)34-24-10-3-7-20-6-1-2-9-23(20)24/h1-3,5-7,9-10,14-15,19,21-22,31H,4,8,11-13,16-18H2/t21-/m1/s1. The van der Waals surface area contributed by atoms with Crippen LogP contribution < -0.4 is 4.74 Å². The first kappa shape index (κ1) is 25.0. The lowest BCUT2D eigenvalue weighted by molar-refractivity contribution is -0.158. The molecule has 1 atom stereocenters. The highest BCUT2D eigenvalue weighted by Gasteiger charge is 2.32. The van der Waals surface area contributed by atoms with E-state index in [-0.39, 0.29) is 18.3 Å². The van der Waals surface area contributed by atoms with Crippen LogP contribution in [0.5, 0.6) is 5.75 Å². The molecule has 0 aliphatic carbocycles. The van der Waals surface area contributed by atoms with E-state index in [0.717, 1.165) is 16.5 Å². The molecule has 0 spiro atoms. The first-order chi connectivity index (χ1) is 17.0. The molecule has 10 heteroatoms. The van der Waals surface area contributed by atoms with Gasteiger partial charge in [-0.3, -0.25) is 10.0 Å². The number of carbonyl (C=O) groups excluding carboxylic acids is 1. The third-order valence-electron chi connectivity index (χ3n) is 6.28. The lowest BCUT2D eigenvalue weighted by Gasteiger charge is -2.33. The van der Waals surface area contributed by atoms with Crippen molar-refractivity contribution in [3.63, 3.8) is 0 Å². The van der Waals surface area contributed by atoms with Crippen LogP contribution in [0.15, 0.2) is 60.9 Å². The van der Waals surface area contributed by atoms with Crippen molar-refractivity contribution < 1.29 is 23.2 Å². The third-order valence-corrected chi connectivity index (χ3v) is 8.24. The molecule has 2 heterocycles. The van der Waals surface area contributed by atoms with Crippen molar-refractivity contribution >= 4 is 27.2 Å². The van der Waals surface area contributed by atoms with E-state index in [9.17, 15) is 18.4 Å². The summed E-state index contributed by atoms with van der Waals surface area (Å²) in [4.78, 5) is 19.5. The zero-order chi connectivity index (χ0) is 24.7. The summed E-state index contributed by atoms with van der Waals surface area (Å²) in [5.41, 5.74) is 0. The first-order valence-corrected chi connectivity index (χ1v) is 13.4. The molecule has 0 unspecified atom stereocenters. The molecule has 1 amide bonds. The fourth-order valence-corrected chi connectivity index (χ4v) is 6.17. The minimum atomic E-state index is -3.68. The van der Waals surface area contributed by atoms with Gasteiger partial charge < -0.3 is 4.74 Å². The fraction of sp³-hybridized carbons (Fsp3) is 0.400. The molecule has 0 bridgehead atoms. The van der Waals surface area contributed by atoms with Crippen molar-refractivity contribution in [2.45, 2.75) is 44.2 Å². The van der Waals surface area contributed by atoms with Crippen molar-refractivity contribution in [3.05, 3.63) is 66.7 Å². The minimum Gasteiger partial charge on any atom is -0.490 e.